The maximum atomic E-state index is 14.4. The van der Waals surface area contributed by atoms with Gasteiger partial charge in [0.05, 0.1) is 18.0 Å². The normalized spacial score (nSPS) is 18.5. The Labute approximate surface area is 198 Å². The molecular formula is C24H30FN7O2. The number of fused-ring (bicyclic) bond motifs is 2. The Balaban J connectivity index is 1.32. The van der Waals surface area contributed by atoms with Gasteiger partial charge in [0.2, 0.25) is 0 Å². The maximum absolute atomic E-state index is 14.4. The number of imidazole rings is 1. The lowest BCUT2D eigenvalue weighted by Gasteiger charge is -2.41. The Morgan fingerprint density at radius 2 is 2.15 bits per heavy atom. The number of carbonyl (C=O) groups excluding carboxylic acids is 1. The summed E-state index contributed by atoms with van der Waals surface area (Å²) in [5.74, 6) is 0.191. The van der Waals surface area contributed by atoms with E-state index >= 15 is 0 Å². The molecule has 0 unspecified atom stereocenters. The van der Waals surface area contributed by atoms with Gasteiger partial charge in [-0.2, -0.15) is 0 Å². The third-order valence-electron chi connectivity index (χ3n) is 6.66. The zero-order chi connectivity index (χ0) is 23.8. The lowest BCUT2D eigenvalue weighted by atomic mass is 10.1. The molecule has 9 nitrogen and oxygen atoms in total. The highest BCUT2D eigenvalue weighted by atomic mass is 19.1. The van der Waals surface area contributed by atoms with Gasteiger partial charge in [-0.15, -0.1) is 0 Å². The number of halogens is 1. The largest absolute Gasteiger partial charge is 0.383 e. The van der Waals surface area contributed by atoms with Gasteiger partial charge in [-0.05, 0) is 26.3 Å². The van der Waals surface area contributed by atoms with Crippen LogP contribution >= 0.6 is 0 Å². The molecule has 2 aliphatic rings. The number of pyridine rings is 2. The van der Waals surface area contributed by atoms with Crippen LogP contribution < -0.4 is 15.1 Å². The molecule has 0 aliphatic carbocycles. The molecule has 1 N–H and O–H groups in total. The van der Waals surface area contributed by atoms with Crippen molar-refractivity contribution in [2.45, 2.75) is 26.3 Å². The van der Waals surface area contributed by atoms with E-state index in [1.807, 2.05) is 6.07 Å². The molecule has 5 heterocycles. The fourth-order valence-corrected chi connectivity index (χ4v) is 4.96. The van der Waals surface area contributed by atoms with Crippen molar-refractivity contribution < 1.29 is 13.9 Å². The van der Waals surface area contributed by atoms with Crippen molar-refractivity contribution in [3.8, 4) is 0 Å². The molecule has 1 saturated heterocycles. The van der Waals surface area contributed by atoms with Crippen LogP contribution in [0.4, 0.5) is 26.4 Å². The molecule has 0 aromatic carbocycles. The summed E-state index contributed by atoms with van der Waals surface area (Å²) >= 11 is 0. The van der Waals surface area contributed by atoms with Crippen LogP contribution in [0.1, 0.15) is 18.2 Å². The average Bonchev–Trinajstić information content (AvgIpc) is 3.41. The van der Waals surface area contributed by atoms with Crippen LogP contribution in [0.25, 0.3) is 5.65 Å². The third-order valence-corrected chi connectivity index (χ3v) is 6.66. The molecule has 10 heteroatoms. The van der Waals surface area contributed by atoms with Gasteiger partial charge in [0.15, 0.2) is 11.5 Å². The Morgan fingerprint density at radius 3 is 2.94 bits per heavy atom. The number of methoxy groups -OCH3 is 1. The lowest BCUT2D eigenvalue weighted by Crippen LogP contribution is -2.52. The number of aromatic nitrogens is 3. The quantitative estimate of drug-likeness (QED) is 0.622. The molecule has 34 heavy (non-hydrogen) atoms. The smallest absolute Gasteiger partial charge is 0.327 e. The van der Waals surface area contributed by atoms with E-state index in [-0.39, 0.29) is 11.7 Å². The number of anilines is 3. The minimum atomic E-state index is -0.480. The minimum absolute atomic E-state index is 0.241. The first-order chi connectivity index (χ1) is 16.4. The van der Waals surface area contributed by atoms with Gasteiger partial charge in [-0.25, -0.2) is 19.2 Å². The third kappa shape index (κ3) is 4.19. The van der Waals surface area contributed by atoms with E-state index in [0.29, 0.717) is 29.8 Å². The highest BCUT2D eigenvalue weighted by Crippen LogP contribution is 2.35. The van der Waals surface area contributed by atoms with Gasteiger partial charge in [-0.1, -0.05) is 0 Å². The fourth-order valence-electron chi connectivity index (χ4n) is 4.96. The maximum Gasteiger partial charge on any atom is 0.327 e. The number of nitrogens with zero attached hydrogens (tertiary/aromatic N) is 6. The summed E-state index contributed by atoms with van der Waals surface area (Å²) in [7, 11) is 1.73. The summed E-state index contributed by atoms with van der Waals surface area (Å²) in [6.45, 7) is 9.03. The minimum Gasteiger partial charge on any atom is -0.383 e. The molecule has 3 aromatic heterocycles. The zero-order valence-corrected chi connectivity index (χ0v) is 19.8. The summed E-state index contributed by atoms with van der Waals surface area (Å²) in [6, 6.07) is 3.43. The van der Waals surface area contributed by atoms with Gasteiger partial charge in [0, 0.05) is 81.8 Å². The number of ether oxygens (including phenoxy) is 1. The Hall–Kier alpha value is -3.24. The van der Waals surface area contributed by atoms with Crippen LogP contribution in [0, 0.1) is 12.7 Å². The van der Waals surface area contributed by atoms with Crippen LogP contribution in [-0.4, -0.2) is 77.8 Å². The van der Waals surface area contributed by atoms with E-state index in [1.165, 1.54) is 6.07 Å². The topological polar surface area (TPSA) is 78.2 Å². The number of piperazine rings is 1. The van der Waals surface area contributed by atoms with E-state index in [4.69, 9.17) is 4.74 Å². The van der Waals surface area contributed by atoms with Crippen LogP contribution in [0.3, 0.4) is 0 Å². The Kier molecular flexibility index (Phi) is 6.09. The second kappa shape index (κ2) is 9.19. The number of hydrogen-bond donors (Lipinski definition) is 1. The lowest BCUT2D eigenvalue weighted by molar-refractivity contribution is 0.117. The summed E-state index contributed by atoms with van der Waals surface area (Å²) in [5, 5.41) is 2.82. The second-order valence-electron chi connectivity index (χ2n) is 8.98. The average molecular weight is 468 g/mol. The molecule has 0 radical (unpaired) electrons. The van der Waals surface area contributed by atoms with Crippen LogP contribution in [0.15, 0.2) is 30.7 Å². The van der Waals surface area contributed by atoms with Gasteiger partial charge >= 0.3 is 6.03 Å². The van der Waals surface area contributed by atoms with Crippen molar-refractivity contribution >= 4 is 28.9 Å². The number of hydrogen-bond acceptors (Lipinski definition) is 6. The van der Waals surface area contributed by atoms with Gasteiger partial charge in [0.25, 0.3) is 0 Å². The Morgan fingerprint density at radius 1 is 1.29 bits per heavy atom. The van der Waals surface area contributed by atoms with Gasteiger partial charge in [0.1, 0.15) is 5.82 Å². The number of urea groups is 1. The van der Waals surface area contributed by atoms with Crippen LogP contribution in [0.5, 0.6) is 0 Å². The predicted molar refractivity (Wildman–Crippen MR) is 129 cm³/mol. The summed E-state index contributed by atoms with van der Waals surface area (Å²) < 4.78 is 21.3. The fraction of sp³-hybridized carbons (Fsp3) is 0.458. The molecular weight excluding hydrogens is 437 g/mol. The van der Waals surface area contributed by atoms with Gasteiger partial charge < -0.3 is 19.4 Å². The summed E-state index contributed by atoms with van der Waals surface area (Å²) in [5.41, 5.74) is 3.55. The molecule has 180 valence electrons. The van der Waals surface area contributed by atoms with Crippen molar-refractivity contribution in [2.75, 3.05) is 61.6 Å². The monoisotopic (exact) mass is 467 g/mol. The molecule has 0 bridgehead atoms. The number of aryl methyl sites for hydroxylation is 1. The van der Waals surface area contributed by atoms with E-state index < -0.39 is 5.82 Å². The molecule has 1 fully saturated rings. The first kappa shape index (κ1) is 22.5. The van der Waals surface area contributed by atoms with Crippen molar-refractivity contribution in [1.82, 2.24) is 19.3 Å². The van der Waals surface area contributed by atoms with Crippen molar-refractivity contribution in [2.24, 2.45) is 0 Å². The van der Waals surface area contributed by atoms with Crippen molar-refractivity contribution in [3.63, 3.8) is 0 Å². The highest BCUT2D eigenvalue weighted by molar-refractivity contribution is 6.03. The standard InChI is InChI=1S/C24H30FN7O2/c1-16-13-31-15-18(12-20(25)23(31)27-16)28-24(33)32-7-5-19-21(4-6-26-22(19)32)30-9-8-29(10-11-34-3)17(2)14-30/h4,6,12-13,15,17H,5,7-11,14H2,1-3H3,(H,28,33)/t17-/m0/s1. The van der Waals surface area contributed by atoms with Gasteiger partial charge in [-0.3, -0.25) is 9.80 Å². The first-order valence-electron chi connectivity index (χ1n) is 11.6. The summed E-state index contributed by atoms with van der Waals surface area (Å²) in [6.07, 6.45) is 5.89. The molecule has 0 spiro atoms. The highest BCUT2D eigenvalue weighted by Gasteiger charge is 2.32. The number of carbonyl (C=O) groups is 1. The first-order valence-corrected chi connectivity index (χ1v) is 11.6. The van der Waals surface area contributed by atoms with E-state index in [2.05, 4.69) is 32.0 Å². The van der Waals surface area contributed by atoms with E-state index in [0.717, 1.165) is 50.5 Å². The molecule has 0 saturated carbocycles. The van der Waals surface area contributed by atoms with E-state index in [1.54, 1.807) is 41.9 Å². The van der Waals surface area contributed by atoms with Crippen LogP contribution in [-0.2, 0) is 11.2 Å². The number of amides is 2. The van der Waals surface area contributed by atoms with Crippen molar-refractivity contribution in [1.29, 1.82) is 0 Å². The van der Waals surface area contributed by atoms with Crippen LogP contribution in [0.2, 0.25) is 0 Å². The number of rotatable bonds is 5. The predicted octanol–water partition coefficient (Wildman–Crippen LogP) is 2.93. The summed E-state index contributed by atoms with van der Waals surface area (Å²) in [4.78, 5) is 28.3. The Bertz CT molecular complexity index is 1210. The zero-order valence-electron chi connectivity index (χ0n) is 19.8. The molecule has 3 aromatic rings. The number of nitrogens with one attached hydrogen (secondary N) is 1. The molecule has 5 rings (SSSR count). The van der Waals surface area contributed by atoms with Crippen molar-refractivity contribution in [3.05, 3.63) is 47.8 Å². The van der Waals surface area contributed by atoms with E-state index in [9.17, 15) is 9.18 Å². The second-order valence-corrected chi connectivity index (χ2v) is 8.98. The molecule has 2 aliphatic heterocycles. The molecule has 1 atom stereocenters. The molecule has 2 amide bonds. The SMILES string of the molecule is COCCN1CCN(c2ccnc3c2CCN3C(=O)Nc2cc(F)c3nc(C)cn3c2)C[C@@H]1C.